The number of thioether (sulfide) groups is 1. The van der Waals surface area contributed by atoms with Crippen molar-refractivity contribution in [3.63, 3.8) is 0 Å². The van der Waals surface area contributed by atoms with Crippen molar-refractivity contribution in [3.8, 4) is 0 Å². The summed E-state index contributed by atoms with van der Waals surface area (Å²) >= 11 is 2.10. The largest absolute Gasteiger partial charge is 0.378 e. The fraction of sp³-hybridized carbons (Fsp3) is 1.00. The van der Waals surface area contributed by atoms with Crippen LogP contribution in [0.1, 0.15) is 44.9 Å². The Bertz CT molecular complexity index is 188. The van der Waals surface area contributed by atoms with Crippen molar-refractivity contribution in [1.29, 1.82) is 0 Å². The van der Waals surface area contributed by atoms with E-state index in [-0.39, 0.29) is 0 Å². The van der Waals surface area contributed by atoms with Gasteiger partial charge in [0.1, 0.15) is 0 Å². The van der Waals surface area contributed by atoms with Crippen LogP contribution in [0.25, 0.3) is 0 Å². The maximum Gasteiger partial charge on any atom is 0.0576 e. The topological polar surface area (TPSA) is 35.2 Å². The lowest BCUT2D eigenvalue weighted by molar-refractivity contribution is 0.0999. The van der Waals surface area contributed by atoms with Gasteiger partial charge in [0.25, 0.3) is 0 Å². The lowest BCUT2D eigenvalue weighted by Crippen LogP contribution is -2.26. The number of nitrogens with two attached hydrogens (primary N) is 1. The molecule has 2 atom stereocenters. The summed E-state index contributed by atoms with van der Waals surface area (Å²) in [6.45, 7) is 0.972. The maximum atomic E-state index is 6.22. The van der Waals surface area contributed by atoms with Gasteiger partial charge >= 0.3 is 0 Å². The second kappa shape index (κ2) is 6.87. The third-order valence-corrected chi connectivity index (χ3v) is 4.91. The highest BCUT2D eigenvalue weighted by molar-refractivity contribution is 7.99. The smallest absolute Gasteiger partial charge is 0.0576 e. The van der Waals surface area contributed by atoms with Crippen molar-refractivity contribution in [1.82, 2.24) is 0 Å². The quantitative estimate of drug-likeness (QED) is 0.806. The summed E-state index contributed by atoms with van der Waals surface area (Å²) in [5.74, 6) is 3.60. The van der Waals surface area contributed by atoms with Gasteiger partial charge in [0.2, 0.25) is 0 Å². The highest BCUT2D eigenvalue weighted by Crippen LogP contribution is 2.27. The predicted molar refractivity (Wildman–Crippen MR) is 70.8 cm³/mol. The molecule has 94 valence electrons. The zero-order valence-electron chi connectivity index (χ0n) is 10.2. The number of hydrogen-bond donors (Lipinski definition) is 1. The predicted octanol–water partition coefficient (Wildman–Crippen LogP) is 2.81. The number of ether oxygens (including phenoxy) is 1. The molecule has 2 aliphatic rings. The van der Waals surface area contributed by atoms with Crippen molar-refractivity contribution in [2.45, 2.75) is 57.1 Å². The van der Waals surface area contributed by atoms with Crippen molar-refractivity contribution >= 4 is 11.8 Å². The van der Waals surface area contributed by atoms with E-state index in [1.54, 1.807) is 0 Å². The molecule has 2 aliphatic heterocycles. The Morgan fingerprint density at radius 1 is 1.25 bits per heavy atom. The fourth-order valence-corrected chi connectivity index (χ4v) is 4.00. The summed E-state index contributed by atoms with van der Waals surface area (Å²) in [6.07, 6.45) is 9.39. The Labute approximate surface area is 104 Å². The molecule has 16 heavy (non-hydrogen) atoms. The minimum atomic E-state index is 0.414. The van der Waals surface area contributed by atoms with Gasteiger partial charge in [-0.15, -0.1) is 0 Å². The summed E-state index contributed by atoms with van der Waals surface area (Å²) in [5.41, 5.74) is 6.22. The molecule has 2 unspecified atom stereocenters. The van der Waals surface area contributed by atoms with Crippen LogP contribution >= 0.6 is 11.8 Å². The van der Waals surface area contributed by atoms with E-state index in [0.29, 0.717) is 12.1 Å². The van der Waals surface area contributed by atoms with Crippen LogP contribution in [-0.2, 0) is 4.74 Å². The molecule has 2 heterocycles. The molecule has 0 aromatic rings. The molecular weight excluding hydrogens is 218 g/mol. The molecule has 3 heteroatoms. The first kappa shape index (κ1) is 12.7. The van der Waals surface area contributed by atoms with E-state index in [1.165, 1.54) is 50.0 Å². The van der Waals surface area contributed by atoms with E-state index in [9.17, 15) is 0 Å². The summed E-state index contributed by atoms with van der Waals surface area (Å²) in [5, 5.41) is 0. The van der Waals surface area contributed by atoms with Crippen molar-refractivity contribution in [2.24, 2.45) is 11.7 Å². The Kier molecular flexibility index (Phi) is 5.46. The summed E-state index contributed by atoms with van der Waals surface area (Å²) in [4.78, 5) is 0. The average molecular weight is 243 g/mol. The van der Waals surface area contributed by atoms with Crippen molar-refractivity contribution in [3.05, 3.63) is 0 Å². The normalized spacial score (nSPS) is 29.4. The molecule has 2 nitrogen and oxygen atoms in total. The van der Waals surface area contributed by atoms with E-state index in [0.717, 1.165) is 18.9 Å². The minimum Gasteiger partial charge on any atom is -0.378 e. The molecular formula is C13H25NOS. The second-order valence-corrected chi connectivity index (χ2v) is 6.49. The third-order valence-electron chi connectivity index (χ3n) is 3.86. The Balaban J connectivity index is 1.57. The highest BCUT2D eigenvalue weighted by atomic mass is 32.2. The third kappa shape index (κ3) is 4.27. The summed E-state index contributed by atoms with van der Waals surface area (Å²) in [6, 6.07) is 0.414. The zero-order valence-corrected chi connectivity index (χ0v) is 11.0. The first-order chi connectivity index (χ1) is 7.84. The summed E-state index contributed by atoms with van der Waals surface area (Å²) in [7, 11) is 0. The summed E-state index contributed by atoms with van der Waals surface area (Å²) < 4.78 is 5.63. The van der Waals surface area contributed by atoms with Gasteiger partial charge in [0.05, 0.1) is 6.10 Å². The van der Waals surface area contributed by atoms with E-state index >= 15 is 0 Å². The molecule has 2 saturated heterocycles. The molecule has 0 bridgehead atoms. The molecule has 0 saturated carbocycles. The molecule has 0 aromatic heterocycles. The van der Waals surface area contributed by atoms with Crippen molar-refractivity contribution < 1.29 is 4.74 Å². The molecule has 0 amide bonds. The van der Waals surface area contributed by atoms with Gasteiger partial charge in [-0.25, -0.2) is 0 Å². The van der Waals surface area contributed by atoms with E-state index in [2.05, 4.69) is 11.8 Å². The Hall–Kier alpha value is 0.270. The van der Waals surface area contributed by atoms with E-state index in [1.807, 2.05) is 0 Å². The van der Waals surface area contributed by atoms with E-state index < -0.39 is 0 Å². The molecule has 0 radical (unpaired) electrons. The van der Waals surface area contributed by atoms with Gasteiger partial charge in [-0.3, -0.25) is 0 Å². The van der Waals surface area contributed by atoms with Crippen LogP contribution < -0.4 is 5.73 Å². The SMILES string of the molecule is NC(CCC1CCCO1)CC1CCSCC1. The molecule has 2 rings (SSSR count). The number of hydrogen-bond acceptors (Lipinski definition) is 3. The Morgan fingerprint density at radius 3 is 2.75 bits per heavy atom. The second-order valence-electron chi connectivity index (χ2n) is 5.26. The molecule has 0 spiro atoms. The molecule has 0 aromatic carbocycles. The average Bonchev–Trinajstić information content (AvgIpc) is 2.81. The van der Waals surface area contributed by atoms with Crippen LogP contribution in [0.5, 0.6) is 0 Å². The minimum absolute atomic E-state index is 0.414. The fourth-order valence-electron chi connectivity index (χ4n) is 2.80. The zero-order chi connectivity index (χ0) is 11.2. The Morgan fingerprint density at radius 2 is 2.06 bits per heavy atom. The van der Waals surface area contributed by atoms with Gasteiger partial charge in [-0.05, 0) is 62.4 Å². The number of rotatable bonds is 5. The molecule has 2 N–H and O–H groups in total. The lowest BCUT2D eigenvalue weighted by Gasteiger charge is -2.24. The first-order valence-electron chi connectivity index (χ1n) is 6.79. The van der Waals surface area contributed by atoms with Gasteiger partial charge in [0, 0.05) is 12.6 Å². The van der Waals surface area contributed by atoms with Gasteiger partial charge in [-0.2, -0.15) is 11.8 Å². The van der Waals surface area contributed by atoms with Crippen LogP contribution in [0, 0.1) is 5.92 Å². The standard InChI is InChI=1S/C13H25NOS/c14-12(3-4-13-2-1-7-15-13)10-11-5-8-16-9-6-11/h11-13H,1-10,14H2. The van der Waals surface area contributed by atoms with E-state index in [4.69, 9.17) is 10.5 Å². The first-order valence-corrected chi connectivity index (χ1v) is 7.95. The van der Waals surface area contributed by atoms with Gasteiger partial charge in [-0.1, -0.05) is 0 Å². The molecule has 0 aliphatic carbocycles. The van der Waals surface area contributed by atoms with Crippen LogP contribution in [-0.4, -0.2) is 30.3 Å². The lowest BCUT2D eigenvalue weighted by atomic mass is 9.92. The van der Waals surface area contributed by atoms with Crippen LogP contribution in [0.15, 0.2) is 0 Å². The van der Waals surface area contributed by atoms with Crippen LogP contribution in [0.3, 0.4) is 0 Å². The van der Waals surface area contributed by atoms with Crippen LogP contribution in [0.4, 0.5) is 0 Å². The molecule has 2 fully saturated rings. The van der Waals surface area contributed by atoms with Gasteiger partial charge < -0.3 is 10.5 Å². The maximum absolute atomic E-state index is 6.22. The van der Waals surface area contributed by atoms with Crippen molar-refractivity contribution in [2.75, 3.05) is 18.1 Å². The van der Waals surface area contributed by atoms with Crippen LogP contribution in [0.2, 0.25) is 0 Å². The van der Waals surface area contributed by atoms with Gasteiger partial charge in [0.15, 0.2) is 0 Å². The monoisotopic (exact) mass is 243 g/mol. The highest BCUT2D eigenvalue weighted by Gasteiger charge is 2.19.